The first-order valence-corrected chi connectivity index (χ1v) is 7.38. The predicted octanol–water partition coefficient (Wildman–Crippen LogP) is 1.96. The molecule has 0 spiro atoms. The number of ether oxygens (including phenoxy) is 1. The number of aryl methyl sites for hydroxylation is 1. The fourth-order valence-electron chi connectivity index (χ4n) is 2.61. The SMILES string of the molecule is CCOC(=O)C1CCCN1CC(=O)Nc1ccccc1C. The number of hydrogen-bond acceptors (Lipinski definition) is 4. The van der Waals surface area contributed by atoms with E-state index in [0.29, 0.717) is 6.61 Å². The van der Waals surface area contributed by atoms with Gasteiger partial charge >= 0.3 is 5.97 Å². The van der Waals surface area contributed by atoms with Gasteiger partial charge in [0.2, 0.25) is 5.91 Å². The number of likely N-dealkylation sites (tertiary alicyclic amines) is 1. The van der Waals surface area contributed by atoms with Crippen LogP contribution in [0.4, 0.5) is 5.69 Å². The number of esters is 1. The van der Waals surface area contributed by atoms with E-state index in [0.717, 1.165) is 30.6 Å². The molecular weight excluding hydrogens is 268 g/mol. The minimum Gasteiger partial charge on any atom is -0.465 e. The van der Waals surface area contributed by atoms with Crippen molar-refractivity contribution in [2.45, 2.75) is 32.7 Å². The van der Waals surface area contributed by atoms with E-state index in [2.05, 4.69) is 5.32 Å². The zero-order chi connectivity index (χ0) is 15.2. The van der Waals surface area contributed by atoms with Crippen LogP contribution in [0.5, 0.6) is 0 Å². The Morgan fingerprint density at radius 3 is 2.86 bits per heavy atom. The van der Waals surface area contributed by atoms with Gasteiger partial charge in [0, 0.05) is 5.69 Å². The lowest BCUT2D eigenvalue weighted by molar-refractivity contribution is -0.148. The number of nitrogens with zero attached hydrogens (tertiary/aromatic N) is 1. The van der Waals surface area contributed by atoms with Crippen molar-refractivity contribution < 1.29 is 14.3 Å². The van der Waals surface area contributed by atoms with Crippen LogP contribution in [0.1, 0.15) is 25.3 Å². The van der Waals surface area contributed by atoms with Gasteiger partial charge < -0.3 is 10.1 Å². The Hall–Kier alpha value is -1.88. The summed E-state index contributed by atoms with van der Waals surface area (Å²) in [4.78, 5) is 25.9. The Morgan fingerprint density at radius 2 is 2.14 bits per heavy atom. The number of hydrogen-bond donors (Lipinski definition) is 1. The first-order valence-electron chi connectivity index (χ1n) is 7.38. The van der Waals surface area contributed by atoms with Crippen LogP contribution in [0.15, 0.2) is 24.3 Å². The summed E-state index contributed by atoms with van der Waals surface area (Å²) in [5.41, 5.74) is 1.84. The van der Waals surface area contributed by atoms with Crippen molar-refractivity contribution in [2.75, 3.05) is 25.0 Å². The van der Waals surface area contributed by atoms with Crippen molar-refractivity contribution in [3.05, 3.63) is 29.8 Å². The van der Waals surface area contributed by atoms with Gasteiger partial charge in [-0.15, -0.1) is 0 Å². The maximum absolute atomic E-state index is 12.1. The zero-order valence-corrected chi connectivity index (χ0v) is 12.6. The molecule has 2 rings (SSSR count). The summed E-state index contributed by atoms with van der Waals surface area (Å²) in [6.45, 7) is 5.09. The first-order chi connectivity index (χ1) is 10.1. The molecule has 0 radical (unpaired) electrons. The van der Waals surface area contributed by atoms with Gasteiger partial charge in [-0.25, -0.2) is 0 Å². The number of amides is 1. The van der Waals surface area contributed by atoms with Gasteiger partial charge in [0.25, 0.3) is 0 Å². The molecule has 1 aliphatic rings. The molecule has 114 valence electrons. The predicted molar refractivity (Wildman–Crippen MR) is 81.0 cm³/mol. The van der Waals surface area contributed by atoms with Crippen molar-refractivity contribution in [3.63, 3.8) is 0 Å². The van der Waals surface area contributed by atoms with Crippen molar-refractivity contribution in [1.29, 1.82) is 0 Å². The summed E-state index contributed by atoms with van der Waals surface area (Å²) in [5.74, 6) is -0.320. The minimum atomic E-state index is -0.285. The molecule has 1 aliphatic heterocycles. The van der Waals surface area contributed by atoms with Crippen LogP contribution >= 0.6 is 0 Å². The van der Waals surface area contributed by atoms with E-state index in [4.69, 9.17) is 4.74 Å². The Morgan fingerprint density at radius 1 is 1.38 bits per heavy atom. The number of para-hydroxylation sites is 1. The molecule has 1 saturated heterocycles. The molecule has 0 aliphatic carbocycles. The van der Waals surface area contributed by atoms with Gasteiger partial charge in [-0.05, 0) is 44.9 Å². The highest BCUT2D eigenvalue weighted by molar-refractivity contribution is 5.93. The van der Waals surface area contributed by atoms with Crippen molar-refractivity contribution in [3.8, 4) is 0 Å². The molecule has 1 fully saturated rings. The molecule has 1 aromatic rings. The summed E-state index contributed by atoms with van der Waals surface area (Å²) in [6, 6.07) is 7.36. The van der Waals surface area contributed by atoms with E-state index in [-0.39, 0.29) is 24.5 Å². The van der Waals surface area contributed by atoms with Crippen LogP contribution in [-0.4, -0.2) is 42.5 Å². The van der Waals surface area contributed by atoms with E-state index >= 15 is 0 Å². The highest BCUT2D eigenvalue weighted by atomic mass is 16.5. The number of benzene rings is 1. The molecule has 1 heterocycles. The Bertz CT molecular complexity index is 516. The fourth-order valence-corrected chi connectivity index (χ4v) is 2.61. The second-order valence-corrected chi connectivity index (χ2v) is 5.24. The topological polar surface area (TPSA) is 58.6 Å². The molecule has 21 heavy (non-hydrogen) atoms. The molecular formula is C16H22N2O3. The van der Waals surface area contributed by atoms with E-state index in [1.165, 1.54) is 0 Å². The van der Waals surface area contributed by atoms with Crippen LogP contribution in [-0.2, 0) is 14.3 Å². The summed E-state index contributed by atoms with van der Waals surface area (Å²) in [6.07, 6.45) is 1.68. The Labute approximate surface area is 125 Å². The number of anilines is 1. The molecule has 1 atom stereocenters. The van der Waals surface area contributed by atoms with Crippen LogP contribution < -0.4 is 5.32 Å². The van der Waals surface area contributed by atoms with Gasteiger partial charge in [-0.1, -0.05) is 18.2 Å². The highest BCUT2D eigenvalue weighted by Gasteiger charge is 2.32. The monoisotopic (exact) mass is 290 g/mol. The molecule has 1 amide bonds. The summed E-state index contributed by atoms with van der Waals surface area (Å²) < 4.78 is 5.06. The average molecular weight is 290 g/mol. The smallest absolute Gasteiger partial charge is 0.323 e. The van der Waals surface area contributed by atoms with Gasteiger partial charge in [-0.3, -0.25) is 14.5 Å². The Balaban J connectivity index is 1.93. The van der Waals surface area contributed by atoms with Crippen molar-refractivity contribution in [2.24, 2.45) is 0 Å². The molecule has 0 aromatic heterocycles. The number of carbonyl (C=O) groups excluding carboxylic acids is 2. The third-order valence-corrected chi connectivity index (χ3v) is 3.69. The van der Waals surface area contributed by atoms with E-state index in [1.807, 2.05) is 36.1 Å². The second kappa shape index (κ2) is 7.22. The number of rotatable bonds is 5. The zero-order valence-electron chi connectivity index (χ0n) is 12.6. The van der Waals surface area contributed by atoms with Gasteiger partial charge in [0.15, 0.2) is 0 Å². The third kappa shape index (κ3) is 4.04. The maximum Gasteiger partial charge on any atom is 0.323 e. The number of nitrogens with one attached hydrogen (secondary N) is 1. The minimum absolute atomic E-state index is 0.0968. The van der Waals surface area contributed by atoms with E-state index < -0.39 is 0 Å². The largest absolute Gasteiger partial charge is 0.465 e. The average Bonchev–Trinajstić information content (AvgIpc) is 2.90. The summed E-state index contributed by atoms with van der Waals surface area (Å²) >= 11 is 0. The quantitative estimate of drug-likeness (QED) is 0.842. The van der Waals surface area contributed by atoms with Gasteiger partial charge in [0.05, 0.1) is 13.2 Å². The normalized spacial score (nSPS) is 18.5. The Kier molecular flexibility index (Phi) is 5.33. The van der Waals surface area contributed by atoms with E-state index in [1.54, 1.807) is 6.92 Å². The van der Waals surface area contributed by atoms with Crippen molar-refractivity contribution >= 4 is 17.6 Å². The lowest BCUT2D eigenvalue weighted by Crippen LogP contribution is -2.41. The lowest BCUT2D eigenvalue weighted by atomic mass is 10.2. The molecule has 1 aromatic carbocycles. The van der Waals surface area contributed by atoms with Crippen LogP contribution in [0.3, 0.4) is 0 Å². The summed E-state index contributed by atoms with van der Waals surface area (Å²) in [7, 11) is 0. The second-order valence-electron chi connectivity index (χ2n) is 5.24. The third-order valence-electron chi connectivity index (χ3n) is 3.69. The molecule has 0 saturated carbocycles. The van der Waals surface area contributed by atoms with Gasteiger partial charge in [-0.2, -0.15) is 0 Å². The van der Waals surface area contributed by atoms with Crippen LogP contribution in [0.25, 0.3) is 0 Å². The van der Waals surface area contributed by atoms with Crippen LogP contribution in [0, 0.1) is 6.92 Å². The fraction of sp³-hybridized carbons (Fsp3) is 0.500. The van der Waals surface area contributed by atoms with Crippen LogP contribution in [0.2, 0.25) is 0 Å². The molecule has 1 N–H and O–H groups in total. The van der Waals surface area contributed by atoms with E-state index in [9.17, 15) is 9.59 Å². The molecule has 5 heteroatoms. The standard InChI is InChI=1S/C16H22N2O3/c1-3-21-16(20)14-9-6-10-18(14)11-15(19)17-13-8-5-4-7-12(13)2/h4-5,7-8,14H,3,6,9-11H2,1-2H3,(H,17,19). The molecule has 5 nitrogen and oxygen atoms in total. The number of carbonyl (C=O) groups is 2. The maximum atomic E-state index is 12.1. The molecule has 1 unspecified atom stereocenters. The summed E-state index contributed by atoms with van der Waals surface area (Å²) in [5, 5.41) is 2.90. The van der Waals surface area contributed by atoms with Crippen molar-refractivity contribution in [1.82, 2.24) is 4.90 Å². The first kappa shape index (κ1) is 15.5. The van der Waals surface area contributed by atoms with Gasteiger partial charge in [0.1, 0.15) is 6.04 Å². The lowest BCUT2D eigenvalue weighted by Gasteiger charge is -2.22. The molecule has 0 bridgehead atoms. The highest BCUT2D eigenvalue weighted by Crippen LogP contribution is 2.19.